The van der Waals surface area contributed by atoms with E-state index in [-0.39, 0.29) is 18.9 Å². The van der Waals surface area contributed by atoms with Crippen molar-refractivity contribution in [3.8, 4) is 11.5 Å². The lowest BCUT2D eigenvalue weighted by molar-refractivity contribution is -0.0436. The first-order chi connectivity index (χ1) is 12.2. The molecule has 6 nitrogen and oxygen atoms in total. The molecule has 0 atom stereocenters. The number of rotatable bonds is 4. The number of alkyl halides is 3. The summed E-state index contributed by atoms with van der Waals surface area (Å²) < 4.78 is 70.7. The van der Waals surface area contributed by atoms with Gasteiger partial charge in [0.1, 0.15) is 0 Å². The monoisotopic (exact) mass is 387 g/mol. The number of carbonyl (C=O) groups excluding carboxylic acids is 1. The number of ether oxygens (including phenoxy) is 2. The van der Waals surface area contributed by atoms with Crippen LogP contribution in [-0.2, 0) is 16.4 Å². The molecule has 0 aliphatic carbocycles. The quantitative estimate of drug-likeness (QED) is 0.872. The van der Waals surface area contributed by atoms with Gasteiger partial charge in [0, 0.05) is 17.7 Å². The SMILES string of the molecule is O=C(NCc1cccc2c1OCO2)c1ccc(S(=O)(=O)C(F)(F)F)cc1. The number of hydrogen-bond acceptors (Lipinski definition) is 5. The van der Waals surface area contributed by atoms with Crippen molar-refractivity contribution in [1.29, 1.82) is 0 Å². The molecule has 0 spiro atoms. The highest BCUT2D eigenvalue weighted by atomic mass is 32.2. The van der Waals surface area contributed by atoms with Gasteiger partial charge in [-0.25, -0.2) is 8.42 Å². The molecule has 26 heavy (non-hydrogen) atoms. The molecule has 1 aliphatic rings. The van der Waals surface area contributed by atoms with E-state index in [9.17, 15) is 26.4 Å². The maximum absolute atomic E-state index is 12.5. The Hall–Kier alpha value is -2.75. The summed E-state index contributed by atoms with van der Waals surface area (Å²) in [5, 5.41) is 2.59. The zero-order valence-electron chi connectivity index (χ0n) is 13.0. The fourth-order valence-electron chi connectivity index (χ4n) is 2.33. The van der Waals surface area contributed by atoms with Gasteiger partial charge in [-0.15, -0.1) is 0 Å². The largest absolute Gasteiger partial charge is 0.501 e. The van der Waals surface area contributed by atoms with Crippen molar-refractivity contribution in [3.05, 3.63) is 53.6 Å². The van der Waals surface area contributed by atoms with Gasteiger partial charge in [-0.2, -0.15) is 13.2 Å². The van der Waals surface area contributed by atoms with Crippen LogP contribution in [0.1, 0.15) is 15.9 Å². The highest BCUT2D eigenvalue weighted by Crippen LogP contribution is 2.35. The second-order valence-electron chi connectivity index (χ2n) is 5.31. The van der Waals surface area contributed by atoms with E-state index < -0.39 is 26.1 Å². The van der Waals surface area contributed by atoms with E-state index in [1.54, 1.807) is 18.2 Å². The Morgan fingerprint density at radius 1 is 1.08 bits per heavy atom. The van der Waals surface area contributed by atoms with E-state index in [1.807, 2.05) is 0 Å². The summed E-state index contributed by atoms with van der Waals surface area (Å²) >= 11 is 0. The molecule has 3 rings (SSSR count). The Kier molecular flexibility index (Phi) is 4.53. The number of carbonyl (C=O) groups is 1. The molecule has 0 saturated heterocycles. The molecule has 1 heterocycles. The molecule has 0 bridgehead atoms. The lowest BCUT2D eigenvalue weighted by atomic mass is 10.1. The van der Waals surface area contributed by atoms with Gasteiger partial charge >= 0.3 is 5.51 Å². The molecule has 1 amide bonds. The third-order valence-corrected chi connectivity index (χ3v) is 5.15. The van der Waals surface area contributed by atoms with Crippen molar-refractivity contribution in [2.75, 3.05) is 6.79 Å². The summed E-state index contributed by atoms with van der Waals surface area (Å²) in [6.45, 7) is 0.184. The third kappa shape index (κ3) is 3.32. The van der Waals surface area contributed by atoms with Crippen molar-refractivity contribution in [2.24, 2.45) is 0 Å². The van der Waals surface area contributed by atoms with Crippen LogP contribution in [0.15, 0.2) is 47.4 Å². The van der Waals surface area contributed by atoms with Crippen LogP contribution in [0.3, 0.4) is 0 Å². The van der Waals surface area contributed by atoms with Gasteiger partial charge in [-0.1, -0.05) is 12.1 Å². The van der Waals surface area contributed by atoms with E-state index in [0.29, 0.717) is 17.1 Å². The van der Waals surface area contributed by atoms with E-state index in [1.165, 1.54) is 0 Å². The van der Waals surface area contributed by atoms with Gasteiger partial charge in [-0.3, -0.25) is 4.79 Å². The van der Waals surface area contributed by atoms with Crippen LogP contribution >= 0.6 is 0 Å². The van der Waals surface area contributed by atoms with E-state index in [0.717, 1.165) is 24.3 Å². The Labute approximate surface area is 146 Å². The number of sulfone groups is 1. The fraction of sp³-hybridized carbons (Fsp3) is 0.188. The minimum Gasteiger partial charge on any atom is -0.454 e. The lowest BCUT2D eigenvalue weighted by Crippen LogP contribution is -2.24. The Morgan fingerprint density at radius 2 is 1.77 bits per heavy atom. The molecule has 0 fully saturated rings. The normalized spacial score (nSPS) is 13.5. The second-order valence-corrected chi connectivity index (χ2v) is 7.25. The Bertz CT molecular complexity index is 939. The molecule has 1 N–H and O–H groups in total. The molecule has 138 valence electrons. The molecule has 2 aromatic carbocycles. The van der Waals surface area contributed by atoms with Crippen LogP contribution in [0.25, 0.3) is 0 Å². The van der Waals surface area contributed by atoms with E-state index >= 15 is 0 Å². The van der Waals surface area contributed by atoms with Crippen molar-refractivity contribution in [2.45, 2.75) is 16.9 Å². The van der Waals surface area contributed by atoms with E-state index in [2.05, 4.69) is 5.32 Å². The summed E-state index contributed by atoms with van der Waals surface area (Å²) in [7, 11) is -5.44. The molecule has 1 aliphatic heterocycles. The van der Waals surface area contributed by atoms with Gasteiger partial charge in [0.05, 0.1) is 4.90 Å². The fourth-order valence-corrected chi connectivity index (χ4v) is 3.09. The van der Waals surface area contributed by atoms with E-state index in [4.69, 9.17) is 9.47 Å². The molecule has 2 aromatic rings. The Morgan fingerprint density at radius 3 is 2.42 bits per heavy atom. The second kappa shape index (κ2) is 6.52. The third-order valence-electron chi connectivity index (χ3n) is 3.65. The standard InChI is InChI=1S/C16H12F3NO5S/c17-16(18,19)26(22,23)12-6-4-10(5-7-12)15(21)20-8-11-2-1-3-13-14(11)25-9-24-13/h1-7H,8-9H2,(H,20,21). The molecular weight excluding hydrogens is 375 g/mol. The van der Waals surface area contributed by atoms with Gasteiger partial charge in [0.15, 0.2) is 11.5 Å². The zero-order valence-corrected chi connectivity index (χ0v) is 13.9. The van der Waals surface area contributed by atoms with Crippen molar-refractivity contribution >= 4 is 15.7 Å². The number of halogens is 3. The molecule has 0 saturated carbocycles. The summed E-state index contributed by atoms with van der Waals surface area (Å²) in [6.07, 6.45) is 0. The topological polar surface area (TPSA) is 81.7 Å². The number of hydrogen-bond donors (Lipinski definition) is 1. The van der Waals surface area contributed by atoms with Crippen LogP contribution in [0, 0.1) is 0 Å². The number of benzene rings is 2. The highest BCUT2D eigenvalue weighted by molar-refractivity contribution is 7.92. The van der Waals surface area contributed by atoms with Crippen molar-refractivity contribution in [1.82, 2.24) is 5.32 Å². The van der Waals surface area contributed by atoms with Crippen LogP contribution in [-0.4, -0.2) is 26.6 Å². The summed E-state index contributed by atoms with van der Waals surface area (Å²) in [4.78, 5) is 11.2. The summed E-state index contributed by atoms with van der Waals surface area (Å²) in [5.41, 5.74) is -4.70. The first-order valence-electron chi connectivity index (χ1n) is 7.27. The number of amides is 1. The molecule has 10 heteroatoms. The summed E-state index contributed by atoms with van der Waals surface area (Å²) in [5.74, 6) is 0.496. The van der Waals surface area contributed by atoms with Gasteiger partial charge in [0.25, 0.3) is 15.7 Å². The average Bonchev–Trinajstić information content (AvgIpc) is 3.08. The Balaban J connectivity index is 1.71. The average molecular weight is 387 g/mol. The number of nitrogens with one attached hydrogen (secondary N) is 1. The molecular formula is C16H12F3NO5S. The highest BCUT2D eigenvalue weighted by Gasteiger charge is 2.46. The van der Waals surface area contributed by atoms with Crippen LogP contribution in [0.5, 0.6) is 11.5 Å². The lowest BCUT2D eigenvalue weighted by Gasteiger charge is -2.10. The van der Waals surface area contributed by atoms with Crippen LogP contribution < -0.4 is 14.8 Å². The van der Waals surface area contributed by atoms with Gasteiger partial charge in [-0.05, 0) is 30.3 Å². The first-order valence-corrected chi connectivity index (χ1v) is 8.75. The zero-order chi connectivity index (χ0) is 18.9. The molecule has 0 unspecified atom stereocenters. The maximum atomic E-state index is 12.5. The van der Waals surface area contributed by atoms with Crippen LogP contribution in [0.2, 0.25) is 0 Å². The smallest absolute Gasteiger partial charge is 0.454 e. The minimum atomic E-state index is -5.44. The molecule has 0 aromatic heterocycles. The van der Waals surface area contributed by atoms with Crippen molar-refractivity contribution in [3.63, 3.8) is 0 Å². The first kappa shape index (κ1) is 18.1. The number of para-hydroxylation sites is 1. The van der Waals surface area contributed by atoms with Crippen LogP contribution in [0.4, 0.5) is 13.2 Å². The minimum absolute atomic E-state index is 0.0240. The predicted molar refractivity (Wildman–Crippen MR) is 83.4 cm³/mol. The van der Waals surface area contributed by atoms with Gasteiger partial charge in [0.2, 0.25) is 6.79 Å². The van der Waals surface area contributed by atoms with Crippen molar-refractivity contribution < 1.29 is 35.9 Å². The molecule has 0 radical (unpaired) electrons. The summed E-state index contributed by atoms with van der Waals surface area (Å²) in [6, 6.07) is 8.70. The maximum Gasteiger partial charge on any atom is 0.501 e. The predicted octanol–water partition coefficient (Wildman–Crippen LogP) is 2.64. The number of fused-ring (bicyclic) bond motifs is 1. The van der Waals surface area contributed by atoms with Gasteiger partial charge < -0.3 is 14.8 Å².